The van der Waals surface area contributed by atoms with Crippen molar-refractivity contribution in [3.63, 3.8) is 0 Å². The number of aromatic nitrogens is 2. The van der Waals surface area contributed by atoms with E-state index in [4.69, 9.17) is 4.74 Å². The lowest BCUT2D eigenvalue weighted by atomic mass is 10.1. The number of halogens is 4. The van der Waals surface area contributed by atoms with Crippen LogP contribution in [0.3, 0.4) is 0 Å². The van der Waals surface area contributed by atoms with Crippen molar-refractivity contribution in [3.05, 3.63) is 71.6 Å². The first-order valence-electron chi connectivity index (χ1n) is 8.76. The van der Waals surface area contributed by atoms with Gasteiger partial charge in [-0.1, -0.05) is 19.1 Å². The van der Waals surface area contributed by atoms with Crippen molar-refractivity contribution in [1.82, 2.24) is 9.97 Å². The monoisotopic (exact) mass is 421 g/mol. The van der Waals surface area contributed by atoms with Crippen molar-refractivity contribution in [1.29, 1.82) is 0 Å². The van der Waals surface area contributed by atoms with E-state index in [9.17, 15) is 27.2 Å². The summed E-state index contributed by atoms with van der Waals surface area (Å²) in [5.41, 5.74) is -0.471. The maximum absolute atomic E-state index is 13.7. The lowest BCUT2D eigenvalue weighted by molar-refractivity contribution is -0.124. The molecule has 0 aliphatic heterocycles. The quantitative estimate of drug-likeness (QED) is 0.355. The Hall–Kier alpha value is -3.69. The van der Waals surface area contributed by atoms with E-state index in [0.717, 1.165) is 0 Å². The number of hydrogen-bond acceptors (Lipinski definition) is 4. The van der Waals surface area contributed by atoms with Crippen molar-refractivity contribution in [2.75, 3.05) is 5.32 Å². The van der Waals surface area contributed by atoms with Crippen LogP contribution in [0, 0.1) is 23.3 Å². The summed E-state index contributed by atoms with van der Waals surface area (Å²) < 4.78 is 59.2. The minimum absolute atomic E-state index is 0.0179. The number of hydrogen-bond donors (Lipinski definition) is 2. The van der Waals surface area contributed by atoms with E-state index in [1.54, 1.807) is 29.8 Å². The number of nitrogens with zero attached hydrogens (tertiary/aromatic N) is 1. The summed E-state index contributed by atoms with van der Waals surface area (Å²) in [6.07, 6.45) is 1.70. The molecular weight excluding hydrogens is 406 g/mol. The average Bonchev–Trinajstić information content (AvgIpc) is 3.28. The Kier molecular flexibility index (Phi) is 6.14. The zero-order valence-corrected chi connectivity index (χ0v) is 15.5. The standard InChI is InChI=1S/C20H15F4N3O3/c1-2-14(19(28)27-17-15(23)12(21)9-13(22)16(17)24)30-20(29)11-5-3-10(4-6-11)18-25-7-8-26-18/h3-9,14H,2H2,1H3,(H,25,26)(H,27,28). The number of nitrogens with one attached hydrogen (secondary N) is 2. The molecule has 10 heteroatoms. The van der Waals surface area contributed by atoms with Crippen LogP contribution in [0.25, 0.3) is 11.4 Å². The summed E-state index contributed by atoms with van der Waals surface area (Å²) >= 11 is 0. The van der Waals surface area contributed by atoms with E-state index >= 15 is 0 Å². The highest BCUT2D eigenvalue weighted by Crippen LogP contribution is 2.25. The molecule has 1 amide bonds. The van der Waals surface area contributed by atoms with E-state index in [1.165, 1.54) is 19.1 Å². The van der Waals surface area contributed by atoms with Gasteiger partial charge in [-0.2, -0.15) is 0 Å². The van der Waals surface area contributed by atoms with Crippen LogP contribution in [0.4, 0.5) is 23.2 Å². The number of rotatable bonds is 6. The van der Waals surface area contributed by atoms with Gasteiger partial charge in [-0.25, -0.2) is 27.3 Å². The van der Waals surface area contributed by atoms with Crippen LogP contribution < -0.4 is 5.32 Å². The molecule has 1 heterocycles. The number of ether oxygens (including phenoxy) is 1. The second-order valence-corrected chi connectivity index (χ2v) is 6.15. The second-order valence-electron chi connectivity index (χ2n) is 6.15. The predicted octanol–water partition coefficient (Wildman–Crippen LogP) is 4.21. The van der Waals surface area contributed by atoms with Crippen LogP contribution >= 0.6 is 0 Å². The van der Waals surface area contributed by atoms with Crippen molar-refractivity contribution >= 4 is 17.6 Å². The van der Waals surface area contributed by atoms with Gasteiger partial charge in [0.1, 0.15) is 11.5 Å². The fraction of sp³-hybridized carbons (Fsp3) is 0.150. The third kappa shape index (κ3) is 4.32. The highest BCUT2D eigenvalue weighted by molar-refractivity contribution is 5.97. The fourth-order valence-electron chi connectivity index (χ4n) is 2.59. The summed E-state index contributed by atoms with van der Waals surface area (Å²) in [4.78, 5) is 31.6. The smallest absolute Gasteiger partial charge is 0.338 e. The molecule has 0 bridgehead atoms. The van der Waals surface area contributed by atoms with E-state index in [1.807, 2.05) is 0 Å². The molecule has 0 saturated carbocycles. The topological polar surface area (TPSA) is 84.1 Å². The van der Waals surface area contributed by atoms with Gasteiger partial charge in [-0.15, -0.1) is 0 Å². The molecule has 0 spiro atoms. The average molecular weight is 421 g/mol. The molecule has 1 atom stereocenters. The Balaban J connectivity index is 1.72. The molecule has 2 aromatic carbocycles. The maximum atomic E-state index is 13.7. The van der Waals surface area contributed by atoms with Crippen LogP contribution in [0.2, 0.25) is 0 Å². The first kappa shape index (κ1) is 21.0. The van der Waals surface area contributed by atoms with Gasteiger partial charge in [0, 0.05) is 24.0 Å². The van der Waals surface area contributed by atoms with Crippen LogP contribution in [-0.2, 0) is 9.53 Å². The Morgan fingerprint density at radius 3 is 2.27 bits per heavy atom. The zero-order chi connectivity index (χ0) is 21.8. The van der Waals surface area contributed by atoms with E-state index < -0.39 is 46.9 Å². The first-order valence-corrected chi connectivity index (χ1v) is 8.76. The van der Waals surface area contributed by atoms with Crippen molar-refractivity contribution in [2.24, 2.45) is 0 Å². The van der Waals surface area contributed by atoms with Crippen LogP contribution in [0.1, 0.15) is 23.7 Å². The predicted molar refractivity (Wildman–Crippen MR) is 98.4 cm³/mol. The molecule has 3 rings (SSSR count). The second kappa shape index (κ2) is 8.76. The van der Waals surface area contributed by atoms with Crippen LogP contribution in [0.15, 0.2) is 42.7 Å². The number of carbonyl (C=O) groups is 2. The van der Waals surface area contributed by atoms with Gasteiger partial charge in [0.2, 0.25) is 0 Å². The van der Waals surface area contributed by atoms with Gasteiger partial charge in [0.25, 0.3) is 5.91 Å². The molecular formula is C20H15F4N3O3. The minimum atomic E-state index is -1.77. The maximum Gasteiger partial charge on any atom is 0.338 e. The molecule has 0 aliphatic carbocycles. The molecule has 1 aromatic heterocycles. The van der Waals surface area contributed by atoms with Crippen molar-refractivity contribution < 1.29 is 31.9 Å². The highest BCUT2D eigenvalue weighted by Gasteiger charge is 2.26. The molecule has 0 aliphatic rings. The van der Waals surface area contributed by atoms with Gasteiger partial charge < -0.3 is 15.0 Å². The third-order valence-corrected chi connectivity index (χ3v) is 4.16. The molecule has 30 heavy (non-hydrogen) atoms. The molecule has 0 fully saturated rings. The van der Waals surface area contributed by atoms with Crippen LogP contribution in [-0.4, -0.2) is 27.9 Å². The van der Waals surface area contributed by atoms with E-state index in [0.29, 0.717) is 11.4 Å². The lowest BCUT2D eigenvalue weighted by Crippen LogP contribution is -2.33. The van der Waals surface area contributed by atoms with Gasteiger partial charge in [0.15, 0.2) is 29.4 Å². The molecule has 0 saturated heterocycles. The first-order chi connectivity index (χ1) is 14.3. The summed E-state index contributed by atoms with van der Waals surface area (Å²) in [5.74, 6) is -8.30. The largest absolute Gasteiger partial charge is 0.449 e. The molecule has 156 valence electrons. The molecule has 1 unspecified atom stereocenters. The summed E-state index contributed by atoms with van der Waals surface area (Å²) in [6, 6.07) is 6.13. The van der Waals surface area contributed by atoms with Gasteiger partial charge >= 0.3 is 5.97 Å². The SMILES string of the molecule is CCC(OC(=O)c1ccc(-c2ncc[nH]2)cc1)C(=O)Nc1c(F)c(F)cc(F)c1F. The number of benzene rings is 2. The Morgan fingerprint density at radius 2 is 1.73 bits per heavy atom. The minimum Gasteiger partial charge on any atom is -0.449 e. The molecule has 6 nitrogen and oxygen atoms in total. The molecule has 0 radical (unpaired) electrons. The lowest BCUT2D eigenvalue weighted by Gasteiger charge is -2.17. The number of anilines is 1. The summed E-state index contributed by atoms with van der Waals surface area (Å²) in [5, 5.41) is 1.74. The van der Waals surface area contributed by atoms with Crippen molar-refractivity contribution in [3.8, 4) is 11.4 Å². The fourth-order valence-corrected chi connectivity index (χ4v) is 2.59. The molecule has 3 aromatic rings. The van der Waals surface area contributed by atoms with Gasteiger partial charge in [-0.05, 0) is 18.6 Å². The molecule has 2 N–H and O–H groups in total. The van der Waals surface area contributed by atoms with Gasteiger partial charge in [-0.3, -0.25) is 4.79 Å². The summed E-state index contributed by atoms with van der Waals surface area (Å²) in [6.45, 7) is 1.48. The Morgan fingerprint density at radius 1 is 1.10 bits per heavy atom. The van der Waals surface area contributed by atoms with Gasteiger partial charge in [0.05, 0.1) is 5.56 Å². The number of imidazole rings is 1. The normalized spacial score (nSPS) is 11.8. The van der Waals surface area contributed by atoms with E-state index in [-0.39, 0.29) is 18.1 Å². The number of aromatic amines is 1. The number of amides is 1. The highest BCUT2D eigenvalue weighted by atomic mass is 19.2. The van der Waals surface area contributed by atoms with Crippen molar-refractivity contribution in [2.45, 2.75) is 19.4 Å². The number of carbonyl (C=O) groups excluding carboxylic acids is 2. The van der Waals surface area contributed by atoms with E-state index in [2.05, 4.69) is 9.97 Å². The zero-order valence-electron chi connectivity index (χ0n) is 15.5. The summed E-state index contributed by atoms with van der Waals surface area (Å²) in [7, 11) is 0. The number of esters is 1. The Bertz CT molecular complexity index is 1040. The third-order valence-electron chi connectivity index (χ3n) is 4.16. The Labute approximate surface area is 167 Å². The number of H-pyrrole nitrogens is 1. The van der Waals surface area contributed by atoms with Crippen LogP contribution in [0.5, 0.6) is 0 Å².